The fourth-order valence-corrected chi connectivity index (χ4v) is 3.75. The molecule has 0 bridgehead atoms. The first-order chi connectivity index (χ1) is 14.0. The minimum Gasteiger partial charge on any atom is -0.332 e. The molecule has 0 aliphatic rings. The molecule has 2 aromatic carbocycles. The average molecular weight is 435 g/mol. The number of carbonyl (C=O) groups is 1. The Bertz CT molecular complexity index is 1130. The summed E-state index contributed by atoms with van der Waals surface area (Å²) < 4.78 is 41.3. The van der Waals surface area contributed by atoms with Crippen molar-refractivity contribution in [3.05, 3.63) is 76.5 Å². The van der Waals surface area contributed by atoms with Crippen molar-refractivity contribution < 1.29 is 18.0 Å². The fourth-order valence-electron chi connectivity index (χ4n) is 3.52. The van der Waals surface area contributed by atoms with Gasteiger partial charge in [0, 0.05) is 23.1 Å². The topological polar surface area (TPSA) is 34.0 Å². The van der Waals surface area contributed by atoms with Gasteiger partial charge in [0.2, 0.25) is 0 Å². The SMILES string of the molecule is C=CCn1c(C(=O)Nc2ccc(Cl)c(C(F)(F)F)c2)c(C)c2cc(C(C)C)ccc21. The fraction of sp³-hybridized carbons (Fsp3) is 0.261. The van der Waals surface area contributed by atoms with Crippen LogP contribution in [0.25, 0.3) is 10.9 Å². The Labute approximate surface area is 178 Å². The van der Waals surface area contributed by atoms with E-state index in [1.54, 1.807) is 6.08 Å². The van der Waals surface area contributed by atoms with Gasteiger partial charge in [0.1, 0.15) is 5.69 Å². The molecule has 3 nitrogen and oxygen atoms in total. The van der Waals surface area contributed by atoms with Crippen molar-refractivity contribution in [3.63, 3.8) is 0 Å². The van der Waals surface area contributed by atoms with E-state index in [1.165, 1.54) is 6.07 Å². The Kier molecular flexibility index (Phi) is 5.99. The Hall–Kier alpha value is -2.73. The summed E-state index contributed by atoms with van der Waals surface area (Å²) >= 11 is 5.67. The van der Waals surface area contributed by atoms with Crippen LogP contribution in [0.5, 0.6) is 0 Å². The molecule has 0 aliphatic heterocycles. The first kappa shape index (κ1) is 22.0. The van der Waals surface area contributed by atoms with Crippen LogP contribution in [0.15, 0.2) is 49.1 Å². The molecule has 0 atom stereocenters. The maximum absolute atomic E-state index is 13.1. The monoisotopic (exact) mass is 434 g/mol. The zero-order valence-electron chi connectivity index (χ0n) is 16.9. The number of nitrogens with zero attached hydrogens (tertiary/aromatic N) is 1. The number of benzene rings is 2. The molecule has 7 heteroatoms. The zero-order chi connectivity index (χ0) is 22.2. The number of halogens is 4. The van der Waals surface area contributed by atoms with Crippen LogP contribution in [-0.2, 0) is 12.7 Å². The maximum atomic E-state index is 13.1. The number of nitrogens with one attached hydrogen (secondary N) is 1. The number of anilines is 1. The van der Waals surface area contributed by atoms with Gasteiger partial charge in [-0.05, 0) is 54.3 Å². The van der Waals surface area contributed by atoms with Crippen LogP contribution in [-0.4, -0.2) is 10.5 Å². The molecule has 1 N–H and O–H groups in total. The van der Waals surface area contributed by atoms with Gasteiger partial charge >= 0.3 is 6.18 Å². The van der Waals surface area contributed by atoms with Crippen molar-refractivity contribution in [2.45, 2.75) is 39.4 Å². The van der Waals surface area contributed by atoms with E-state index >= 15 is 0 Å². The van der Waals surface area contributed by atoms with E-state index in [0.717, 1.165) is 34.2 Å². The highest BCUT2D eigenvalue weighted by Crippen LogP contribution is 2.36. The van der Waals surface area contributed by atoms with Crippen molar-refractivity contribution in [1.82, 2.24) is 4.57 Å². The van der Waals surface area contributed by atoms with E-state index in [0.29, 0.717) is 18.2 Å². The molecular weight excluding hydrogens is 413 g/mol. The minimum atomic E-state index is -4.61. The lowest BCUT2D eigenvalue weighted by atomic mass is 10.0. The summed E-state index contributed by atoms with van der Waals surface area (Å²) in [5, 5.41) is 3.10. The number of carbonyl (C=O) groups excluding carboxylic acids is 1. The summed E-state index contributed by atoms with van der Waals surface area (Å²) in [6.45, 7) is 10.2. The number of hydrogen-bond donors (Lipinski definition) is 1. The predicted molar refractivity (Wildman–Crippen MR) is 115 cm³/mol. The van der Waals surface area contributed by atoms with Crippen molar-refractivity contribution in [3.8, 4) is 0 Å². The van der Waals surface area contributed by atoms with Crippen LogP contribution in [0.1, 0.15) is 46.9 Å². The second-order valence-corrected chi connectivity index (χ2v) is 7.86. The van der Waals surface area contributed by atoms with Crippen LogP contribution < -0.4 is 5.32 Å². The normalized spacial score (nSPS) is 11.9. The molecule has 0 saturated heterocycles. The van der Waals surface area contributed by atoms with Gasteiger partial charge in [-0.25, -0.2) is 0 Å². The van der Waals surface area contributed by atoms with Gasteiger partial charge in [-0.3, -0.25) is 4.79 Å². The van der Waals surface area contributed by atoms with Gasteiger partial charge < -0.3 is 9.88 Å². The van der Waals surface area contributed by atoms with Crippen LogP contribution in [0.2, 0.25) is 5.02 Å². The van der Waals surface area contributed by atoms with Crippen molar-refractivity contribution >= 4 is 34.1 Å². The molecule has 0 saturated carbocycles. The molecule has 0 unspecified atom stereocenters. The zero-order valence-corrected chi connectivity index (χ0v) is 17.7. The number of fused-ring (bicyclic) bond motifs is 1. The highest BCUT2D eigenvalue weighted by Gasteiger charge is 2.33. The number of amides is 1. The predicted octanol–water partition coefficient (Wildman–Crippen LogP) is 7.18. The van der Waals surface area contributed by atoms with E-state index < -0.39 is 22.7 Å². The Morgan fingerprint density at radius 3 is 2.53 bits per heavy atom. The summed E-state index contributed by atoms with van der Waals surface area (Å²) in [6.07, 6.45) is -2.94. The second-order valence-electron chi connectivity index (χ2n) is 7.45. The smallest absolute Gasteiger partial charge is 0.332 e. The molecule has 158 valence electrons. The minimum absolute atomic E-state index is 0.0226. The number of rotatable bonds is 5. The van der Waals surface area contributed by atoms with Gasteiger partial charge in [-0.15, -0.1) is 6.58 Å². The number of hydrogen-bond acceptors (Lipinski definition) is 1. The lowest BCUT2D eigenvalue weighted by molar-refractivity contribution is -0.137. The number of aromatic nitrogens is 1. The second kappa shape index (κ2) is 8.19. The highest BCUT2D eigenvalue weighted by atomic mass is 35.5. The Morgan fingerprint density at radius 1 is 1.23 bits per heavy atom. The quantitative estimate of drug-likeness (QED) is 0.424. The van der Waals surface area contributed by atoms with Crippen LogP contribution in [0, 0.1) is 6.92 Å². The lowest BCUT2D eigenvalue weighted by Crippen LogP contribution is -2.18. The van der Waals surface area contributed by atoms with E-state index in [1.807, 2.05) is 23.6 Å². The summed E-state index contributed by atoms with van der Waals surface area (Å²) in [4.78, 5) is 13.1. The van der Waals surface area contributed by atoms with Crippen molar-refractivity contribution in [2.75, 3.05) is 5.32 Å². The Morgan fingerprint density at radius 2 is 1.93 bits per heavy atom. The van der Waals surface area contributed by atoms with E-state index in [-0.39, 0.29) is 5.69 Å². The summed E-state index contributed by atoms with van der Waals surface area (Å²) in [6, 6.07) is 9.34. The molecule has 0 fully saturated rings. The molecule has 30 heavy (non-hydrogen) atoms. The van der Waals surface area contributed by atoms with Gasteiger partial charge in [-0.2, -0.15) is 13.2 Å². The molecule has 3 aromatic rings. The van der Waals surface area contributed by atoms with E-state index in [9.17, 15) is 18.0 Å². The first-order valence-electron chi connectivity index (χ1n) is 9.46. The molecule has 0 spiro atoms. The van der Waals surface area contributed by atoms with Gasteiger partial charge in [0.05, 0.1) is 10.6 Å². The van der Waals surface area contributed by atoms with Gasteiger partial charge in [-0.1, -0.05) is 37.6 Å². The molecule has 3 rings (SSSR count). The molecule has 0 aliphatic carbocycles. The third-order valence-corrected chi connectivity index (χ3v) is 5.39. The maximum Gasteiger partial charge on any atom is 0.417 e. The third kappa shape index (κ3) is 4.10. The Balaban J connectivity index is 2.07. The lowest BCUT2D eigenvalue weighted by Gasteiger charge is -2.13. The summed E-state index contributed by atoms with van der Waals surface area (Å²) in [7, 11) is 0. The van der Waals surface area contributed by atoms with Gasteiger partial charge in [0.25, 0.3) is 5.91 Å². The van der Waals surface area contributed by atoms with Crippen molar-refractivity contribution in [2.24, 2.45) is 0 Å². The van der Waals surface area contributed by atoms with Crippen LogP contribution in [0.3, 0.4) is 0 Å². The van der Waals surface area contributed by atoms with Crippen LogP contribution in [0.4, 0.5) is 18.9 Å². The molecular formula is C23H22ClF3N2O. The van der Waals surface area contributed by atoms with E-state index in [4.69, 9.17) is 11.6 Å². The summed E-state index contributed by atoms with van der Waals surface area (Å²) in [5.74, 6) is -0.171. The number of aryl methyl sites for hydroxylation is 1. The number of allylic oxidation sites excluding steroid dienone is 1. The summed E-state index contributed by atoms with van der Waals surface area (Å²) in [5.41, 5.74) is 2.18. The molecule has 0 radical (unpaired) electrons. The largest absolute Gasteiger partial charge is 0.417 e. The third-order valence-electron chi connectivity index (χ3n) is 5.06. The van der Waals surface area contributed by atoms with Crippen LogP contribution >= 0.6 is 11.6 Å². The molecule has 1 aromatic heterocycles. The van der Waals surface area contributed by atoms with E-state index in [2.05, 4.69) is 31.8 Å². The standard InChI is InChI=1S/C23H22ClF3N2O/c1-5-10-29-20-9-6-15(13(2)3)11-17(20)14(4)21(29)22(30)28-16-7-8-19(24)18(12-16)23(25,26)27/h5-9,11-13H,1,10H2,2-4H3,(H,28,30). The number of alkyl halides is 3. The first-order valence-corrected chi connectivity index (χ1v) is 9.84. The van der Waals surface area contributed by atoms with Crippen molar-refractivity contribution in [1.29, 1.82) is 0 Å². The molecule has 1 amide bonds. The highest BCUT2D eigenvalue weighted by molar-refractivity contribution is 6.31. The molecule has 1 heterocycles. The van der Waals surface area contributed by atoms with Gasteiger partial charge in [0.15, 0.2) is 0 Å². The average Bonchev–Trinajstić information content (AvgIpc) is 2.94.